The van der Waals surface area contributed by atoms with Crippen LogP contribution < -0.4 is 4.74 Å². The standard InChI is InChI=1S/C14H15O7/c1-7-8(12(15)19-3)6-9(13(16)20-4)11(18-2)10(7)14(17)21-5/h6H,2H2,1,3-5H3. The lowest BCUT2D eigenvalue weighted by Gasteiger charge is -2.16. The van der Waals surface area contributed by atoms with Crippen molar-refractivity contribution in [2.45, 2.75) is 6.92 Å². The van der Waals surface area contributed by atoms with E-state index in [1.165, 1.54) is 20.1 Å². The van der Waals surface area contributed by atoms with E-state index in [0.717, 1.165) is 14.2 Å². The molecule has 0 bridgehead atoms. The second kappa shape index (κ2) is 6.74. The number of ether oxygens (including phenoxy) is 4. The fraction of sp³-hybridized carbons (Fsp3) is 0.286. The number of hydrogen-bond donors (Lipinski definition) is 0. The molecule has 1 aromatic carbocycles. The smallest absolute Gasteiger partial charge is 0.341 e. The van der Waals surface area contributed by atoms with Crippen LogP contribution in [0.25, 0.3) is 0 Å². The molecule has 7 heteroatoms. The zero-order valence-electron chi connectivity index (χ0n) is 12.1. The molecule has 0 atom stereocenters. The second-order valence-corrected chi connectivity index (χ2v) is 3.92. The van der Waals surface area contributed by atoms with Crippen LogP contribution in [0.5, 0.6) is 5.75 Å². The molecule has 0 N–H and O–H groups in total. The first-order chi connectivity index (χ1) is 9.92. The van der Waals surface area contributed by atoms with Gasteiger partial charge in [-0.2, -0.15) is 0 Å². The lowest BCUT2D eigenvalue weighted by Crippen LogP contribution is -2.16. The van der Waals surface area contributed by atoms with Crippen LogP contribution in [0, 0.1) is 14.0 Å². The van der Waals surface area contributed by atoms with Gasteiger partial charge >= 0.3 is 17.9 Å². The topological polar surface area (TPSA) is 88.1 Å². The molecule has 0 aliphatic heterocycles. The van der Waals surface area contributed by atoms with E-state index in [1.807, 2.05) is 0 Å². The van der Waals surface area contributed by atoms with Crippen molar-refractivity contribution in [1.82, 2.24) is 0 Å². The Morgan fingerprint density at radius 1 is 0.905 bits per heavy atom. The maximum Gasteiger partial charge on any atom is 0.341 e. The van der Waals surface area contributed by atoms with E-state index < -0.39 is 17.9 Å². The summed E-state index contributed by atoms with van der Waals surface area (Å²) in [5, 5.41) is 0. The Balaban J connectivity index is 3.77. The average molecular weight is 295 g/mol. The number of carbonyl (C=O) groups is 3. The summed E-state index contributed by atoms with van der Waals surface area (Å²) in [4.78, 5) is 35.5. The summed E-state index contributed by atoms with van der Waals surface area (Å²) >= 11 is 0. The Hall–Kier alpha value is -2.57. The van der Waals surface area contributed by atoms with E-state index in [4.69, 9.17) is 4.74 Å². The highest BCUT2D eigenvalue weighted by Crippen LogP contribution is 2.31. The molecule has 1 radical (unpaired) electrons. The van der Waals surface area contributed by atoms with Crippen LogP contribution in [0.4, 0.5) is 0 Å². The fourth-order valence-corrected chi connectivity index (χ4v) is 1.84. The first-order valence-electron chi connectivity index (χ1n) is 5.77. The van der Waals surface area contributed by atoms with E-state index in [-0.39, 0.29) is 28.0 Å². The third kappa shape index (κ3) is 2.96. The van der Waals surface area contributed by atoms with E-state index >= 15 is 0 Å². The van der Waals surface area contributed by atoms with Crippen LogP contribution in [0.3, 0.4) is 0 Å². The Morgan fingerprint density at radius 3 is 1.81 bits per heavy atom. The minimum Gasteiger partial charge on any atom is -0.488 e. The molecule has 0 fully saturated rings. The SMILES string of the molecule is [CH2]Oc1c(C(=O)OC)cc(C(=O)OC)c(C)c1C(=O)OC. The predicted octanol–water partition coefficient (Wildman–Crippen LogP) is 1.53. The molecule has 0 unspecified atom stereocenters. The van der Waals surface area contributed by atoms with Gasteiger partial charge in [0.25, 0.3) is 0 Å². The van der Waals surface area contributed by atoms with E-state index in [2.05, 4.69) is 21.3 Å². The first-order valence-corrected chi connectivity index (χ1v) is 5.77. The maximum atomic E-state index is 11.9. The summed E-state index contributed by atoms with van der Waals surface area (Å²) in [5.41, 5.74) is 0.0637. The molecule has 7 nitrogen and oxygen atoms in total. The number of methoxy groups -OCH3 is 3. The van der Waals surface area contributed by atoms with Gasteiger partial charge in [-0.1, -0.05) is 0 Å². The molecule has 0 saturated heterocycles. The van der Waals surface area contributed by atoms with E-state index in [1.54, 1.807) is 0 Å². The Labute approximate surface area is 121 Å². The predicted molar refractivity (Wildman–Crippen MR) is 71.2 cm³/mol. The lowest BCUT2D eigenvalue weighted by molar-refractivity contribution is 0.0591. The van der Waals surface area contributed by atoms with Crippen molar-refractivity contribution in [1.29, 1.82) is 0 Å². The van der Waals surface area contributed by atoms with Gasteiger partial charge in [-0.05, 0) is 18.6 Å². The monoisotopic (exact) mass is 295 g/mol. The second-order valence-electron chi connectivity index (χ2n) is 3.92. The molecule has 1 aromatic rings. The van der Waals surface area contributed by atoms with Crippen LogP contribution in [-0.2, 0) is 14.2 Å². The van der Waals surface area contributed by atoms with Gasteiger partial charge in [0.15, 0.2) is 0 Å². The summed E-state index contributed by atoms with van der Waals surface area (Å²) in [6.07, 6.45) is 0. The van der Waals surface area contributed by atoms with E-state index in [9.17, 15) is 14.4 Å². The average Bonchev–Trinajstić information content (AvgIpc) is 2.51. The fourth-order valence-electron chi connectivity index (χ4n) is 1.84. The molecule has 0 aliphatic rings. The molecule has 0 amide bonds. The highest BCUT2D eigenvalue weighted by molar-refractivity contribution is 6.05. The van der Waals surface area contributed by atoms with Crippen molar-refractivity contribution in [3.63, 3.8) is 0 Å². The van der Waals surface area contributed by atoms with Crippen LogP contribution in [-0.4, -0.2) is 39.2 Å². The number of benzene rings is 1. The summed E-state index contributed by atoms with van der Waals surface area (Å²) < 4.78 is 18.7. The summed E-state index contributed by atoms with van der Waals surface area (Å²) in [5.74, 6) is -2.40. The van der Waals surface area contributed by atoms with Gasteiger partial charge in [0, 0.05) is 0 Å². The number of carbonyl (C=O) groups excluding carboxylic acids is 3. The number of hydrogen-bond acceptors (Lipinski definition) is 7. The number of esters is 3. The minimum absolute atomic E-state index is 0.0269. The quantitative estimate of drug-likeness (QED) is 0.614. The Morgan fingerprint density at radius 2 is 1.38 bits per heavy atom. The zero-order valence-corrected chi connectivity index (χ0v) is 12.1. The van der Waals surface area contributed by atoms with E-state index in [0.29, 0.717) is 0 Å². The van der Waals surface area contributed by atoms with Crippen molar-refractivity contribution < 1.29 is 33.3 Å². The first kappa shape index (κ1) is 16.5. The summed E-state index contributed by atoms with van der Waals surface area (Å²) in [6.45, 7) is 1.50. The molecular formula is C14H15O7. The largest absolute Gasteiger partial charge is 0.488 e. The Kier molecular flexibility index (Phi) is 5.29. The third-order valence-corrected chi connectivity index (χ3v) is 2.88. The van der Waals surface area contributed by atoms with Gasteiger partial charge in [-0.3, -0.25) is 0 Å². The highest BCUT2D eigenvalue weighted by Gasteiger charge is 2.28. The van der Waals surface area contributed by atoms with Crippen LogP contribution in [0.15, 0.2) is 6.07 Å². The molecule has 113 valence electrons. The summed E-state index contributed by atoms with van der Waals surface area (Å²) in [7, 11) is 6.72. The van der Waals surface area contributed by atoms with Crippen LogP contribution in [0.1, 0.15) is 36.6 Å². The zero-order chi connectivity index (χ0) is 16.2. The molecule has 0 saturated carbocycles. The van der Waals surface area contributed by atoms with Gasteiger partial charge < -0.3 is 18.9 Å². The normalized spacial score (nSPS) is 9.76. The van der Waals surface area contributed by atoms with Gasteiger partial charge in [0.1, 0.15) is 24.0 Å². The molecule has 21 heavy (non-hydrogen) atoms. The van der Waals surface area contributed by atoms with Gasteiger partial charge in [0.2, 0.25) is 0 Å². The van der Waals surface area contributed by atoms with Crippen LogP contribution >= 0.6 is 0 Å². The van der Waals surface area contributed by atoms with Crippen molar-refractivity contribution in [2.75, 3.05) is 21.3 Å². The molecule has 1 rings (SSSR count). The van der Waals surface area contributed by atoms with Crippen molar-refractivity contribution in [3.8, 4) is 5.75 Å². The van der Waals surface area contributed by atoms with Gasteiger partial charge in [0.05, 0.1) is 26.9 Å². The van der Waals surface area contributed by atoms with Crippen molar-refractivity contribution in [2.24, 2.45) is 0 Å². The van der Waals surface area contributed by atoms with Gasteiger partial charge in [-0.25, -0.2) is 14.4 Å². The molecule has 0 heterocycles. The molecular weight excluding hydrogens is 280 g/mol. The van der Waals surface area contributed by atoms with Crippen LogP contribution in [0.2, 0.25) is 0 Å². The van der Waals surface area contributed by atoms with Gasteiger partial charge in [-0.15, -0.1) is 0 Å². The lowest BCUT2D eigenvalue weighted by atomic mass is 9.96. The molecule has 0 aliphatic carbocycles. The highest BCUT2D eigenvalue weighted by atomic mass is 16.5. The molecule has 0 spiro atoms. The summed E-state index contributed by atoms with van der Waals surface area (Å²) in [6, 6.07) is 1.22. The third-order valence-electron chi connectivity index (χ3n) is 2.88. The molecule has 0 aromatic heterocycles. The minimum atomic E-state index is -0.788. The maximum absolute atomic E-state index is 11.9. The Bertz CT molecular complexity index is 589. The van der Waals surface area contributed by atoms with Crippen molar-refractivity contribution in [3.05, 3.63) is 35.4 Å². The van der Waals surface area contributed by atoms with Crippen molar-refractivity contribution >= 4 is 17.9 Å². The number of rotatable bonds is 4.